The third-order valence-electron chi connectivity index (χ3n) is 3.35. The number of carbonyl (C=O) groups excluding carboxylic acids is 1. The monoisotopic (exact) mass is 295 g/mol. The number of hydrogen-bond donors (Lipinski definition) is 0. The molecular formula is C13H21N5OS. The fourth-order valence-corrected chi connectivity index (χ4v) is 3.41. The molecule has 1 fully saturated rings. The van der Waals surface area contributed by atoms with Crippen molar-refractivity contribution in [3.05, 3.63) is 12.7 Å². The van der Waals surface area contributed by atoms with Gasteiger partial charge in [0.25, 0.3) is 0 Å². The van der Waals surface area contributed by atoms with Gasteiger partial charge in [-0.3, -0.25) is 4.79 Å². The Bertz CT molecular complexity index is 465. The van der Waals surface area contributed by atoms with E-state index in [9.17, 15) is 4.79 Å². The van der Waals surface area contributed by atoms with Crippen LogP contribution >= 0.6 is 11.8 Å². The first kappa shape index (κ1) is 15.0. The van der Waals surface area contributed by atoms with E-state index in [2.05, 4.69) is 36.0 Å². The number of amides is 1. The number of aromatic nitrogens is 4. The molecule has 0 spiro atoms. The Morgan fingerprint density at radius 3 is 2.80 bits per heavy atom. The number of piperidine rings is 1. The van der Waals surface area contributed by atoms with Gasteiger partial charge in [-0.25, -0.2) is 4.68 Å². The maximum Gasteiger partial charge on any atom is 0.233 e. The molecule has 2 unspecified atom stereocenters. The van der Waals surface area contributed by atoms with Gasteiger partial charge in [0.15, 0.2) is 0 Å². The third-order valence-corrected chi connectivity index (χ3v) is 4.29. The number of carbonyl (C=O) groups is 1. The van der Waals surface area contributed by atoms with Gasteiger partial charge in [-0.1, -0.05) is 31.7 Å². The first-order valence-electron chi connectivity index (χ1n) is 6.87. The summed E-state index contributed by atoms with van der Waals surface area (Å²) in [6.45, 7) is 10.3. The number of hydrogen-bond acceptors (Lipinski definition) is 5. The minimum atomic E-state index is 0.168. The highest BCUT2D eigenvalue weighted by atomic mass is 32.2. The van der Waals surface area contributed by atoms with E-state index >= 15 is 0 Å². The summed E-state index contributed by atoms with van der Waals surface area (Å²) in [5.74, 6) is 1.72. The minimum Gasteiger partial charge on any atom is -0.341 e. The molecule has 110 valence electrons. The molecule has 7 heteroatoms. The van der Waals surface area contributed by atoms with Crippen LogP contribution in [0.3, 0.4) is 0 Å². The number of thioether (sulfide) groups is 1. The molecule has 20 heavy (non-hydrogen) atoms. The number of rotatable bonds is 5. The molecule has 2 heterocycles. The van der Waals surface area contributed by atoms with Crippen molar-refractivity contribution < 1.29 is 4.79 Å². The van der Waals surface area contributed by atoms with Gasteiger partial charge in [-0.15, -0.1) is 11.7 Å². The average molecular weight is 295 g/mol. The summed E-state index contributed by atoms with van der Waals surface area (Å²) in [5, 5.41) is 12.1. The fourth-order valence-electron chi connectivity index (χ4n) is 2.62. The predicted molar refractivity (Wildman–Crippen MR) is 78.3 cm³/mol. The molecule has 2 rings (SSSR count). The van der Waals surface area contributed by atoms with Crippen LogP contribution in [0.15, 0.2) is 17.8 Å². The first-order chi connectivity index (χ1) is 9.60. The van der Waals surface area contributed by atoms with Crippen LogP contribution in [0.2, 0.25) is 0 Å². The van der Waals surface area contributed by atoms with E-state index in [1.807, 2.05) is 4.90 Å². The van der Waals surface area contributed by atoms with E-state index in [4.69, 9.17) is 0 Å². The summed E-state index contributed by atoms with van der Waals surface area (Å²) >= 11 is 1.39. The zero-order valence-electron chi connectivity index (χ0n) is 12.0. The molecule has 0 aromatic carbocycles. The van der Waals surface area contributed by atoms with Crippen molar-refractivity contribution in [2.45, 2.75) is 32.0 Å². The van der Waals surface area contributed by atoms with E-state index in [0.717, 1.165) is 13.1 Å². The van der Waals surface area contributed by atoms with Crippen molar-refractivity contribution in [2.24, 2.45) is 11.8 Å². The van der Waals surface area contributed by atoms with Crippen LogP contribution < -0.4 is 0 Å². The fraction of sp³-hybridized carbons (Fsp3) is 0.692. The predicted octanol–water partition coefficient (Wildman–Crippen LogP) is 1.46. The summed E-state index contributed by atoms with van der Waals surface area (Å²) in [5.41, 5.74) is 0. The van der Waals surface area contributed by atoms with Crippen molar-refractivity contribution in [1.29, 1.82) is 0 Å². The summed E-state index contributed by atoms with van der Waals surface area (Å²) in [6, 6.07) is 0. The van der Waals surface area contributed by atoms with Crippen molar-refractivity contribution >= 4 is 17.7 Å². The van der Waals surface area contributed by atoms with Crippen molar-refractivity contribution in [2.75, 3.05) is 18.8 Å². The lowest BCUT2D eigenvalue weighted by molar-refractivity contribution is -0.130. The van der Waals surface area contributed by atoms with Crippen LogP contribution in [-0.4, -0.2) is 49.9 Å². The van der Waals surface area contributed by atoms with Crippen LogP contribution in [-0.2, 0) is 11.3 Å². The summed E-state index contributed by atoms with van der Waals surface area (Å²) < 4.78 is 1.65. The molecule has 1 aromatic heterocycles. The van der Waals surface area contributed by atoms with Gasteiger partial charge in [0.1, 0.15) is 0 Å². The largest absolute Gasteiger partial charge is 0.341 e. The van der Waals surface area contributed by atoms with E-state index in [-0.39, 0.29) is 5.91 Å². The highest BCUT2D eigenvalue weighted by Gasteiger charge is 2.25. The molecule has 1 saturated heterocycles. The lowest BCUT2D eigenvalue weighted by Crippen LogP contribution is -2.43. The Labute approximate surface area is 123 Å². The molecule has 0 N–H and O–H groups in total. The van der Waals surface area contributed by atoms with Crippen LogP contribution in [0.4, 0.5) is 0 Å². The Morgan fingerprint density at radius 1 is 1.45 bits per heavy atom. The highest BCUT2D eigenvalue weighted by Crippen LogP contribution is 2.22. The smallest absolute Gasteiger partial charge is 0.233 e. The lowest BCUT2D eigenvalue weighted by atomic mass is 9.92. The molecule has 0 bridgehead atoms. The van der Waals surface area contributed by atoms with Crippen LogP contribution in [0, 0.1) is 11.8 Å². The van der Waals surface area contributed by atoms with Gasteiger partial charge < -0.3 is 4.90 Å². The number of likely N-dealkylation sites (tertiary alicyclic amines) is 1. The number of allylic oxidation sites excluding steroid dienone is 1. The molecule has 2 atom stereocenters. The van der Waals surface area contributed by atoms with Gasteiger partial charge >= 0.3 is 0 Å². The molecule has 0 saturated carbocycles. The van der Waals surface area contributed by atoms with E-state index < -0.39 is 0 Å². The average Bonchev–Trinajstić information content (AvgIpc) is 2.83. The Hall–Kier alpha value is -1.37. The van der Waals surface area contributed by atoms with Crippen molar-refractivity contribution in [3.8, 4) is 0 Å². The van der Waals surface area contributed by atoms with Gasteiger partial charge in [0, 0.05) is 13.1 Å². The Balaban J connectivity index is 1.88. The molecule has 6 nitrogen and oxygen atoms in total. The van der Waals surface area contributed by atoms with E-state index in [1.54, 1.807) is 10.8 Å². The summed E-state index contributed by atoms with van der Waals surface area (Å²) in [7, 11) is 0. The molecule has 0 aliphatic carbocycles. The second kappa shape index (κ2) is 6.88. The van der Waals surface area contributed by atoms with Crippen molar-refractivity contribution in [3.63, 3.8) is 0 Å². The Kier molecular flexibility index (Phi) is 5.17. The van der Waals surface area contributed by atoms with Gasteiger partial charge in [-0.2, -0.15) is 0 Å². The topological polar surface area (TPSA) is 63.9 Å². The maximum absolute atomic E-state index is 12.3. The second-order valence-electron chi connectivity index (χ2n) is 5.47. The zero-order chi connectivity index (χ0) is 14.5. The SMILES string of the molecule is C=CCn1nnnc1SCC(=O)N1CC(C)CC(C)C1. The third kappa shape index (κ3) is 3.82. The van der Waals surface area contributed by atoms with E-state index in [0.29, 0.717) is 29.3 Å². The molecule has 1 aromatic rings. The minimum absolute atomic E-state index is 0.168. The first-order valence-corrected chi connectivity index (χ1v) is 7.86. The van der Waals surface area contributed by atoms with Crippen LogP contribution in [0.25, 0.3) is 0 Å². The highest BCUT2D eigenvalue weighted by molar-refractivity contribution is 7.99. The maximum atomic E-state index is 12.3. The normalized spacial score (nSPS) is 22.8. The Morgan fingerprint density at radius 2 is 2.15 bits per heavy atom. The number of tetrazole rings is 1. The molecule has 1 aliphatic rings. The van der Waals surface area contributed by atoms with Crippen molar-refractivity contribution in [1.82, 2.24) is 25.1 Å². The molecule has 1 amide bonds. The molecule has 1 aliphatic heterocycles. The molecular weight excluding hydrogens is 274 g/mol. The molecule has 0 radical (unpaired) electrons. The van der Waals surface area contributed by atoms with Gasteiger partial charge in [0.2, 0.25) is 11.1 Å². The zero-order valence-corrected chi connectivity index (χ0v) is 12.8. The van der Waals surface area contributed by atoms with Crippen LogP contribution in [0.5, 0.6) is 0 Å². The summed E-state index contributed by atoms with van der Waals surface area (Å²) in [6.07, 6.45) is 2.94. The lowest BCUT2D eigenvalue weighted by Gasteiger charge is -2.34. The van der Waals surface area contributed by atoms with Gasteiger partial charge in [-0.05, 0) is 28.7 Å². The second-order valence-corrected chi connectivity index (χ2v) is 6.41. The van der Waals surface area contributed by atoms with Gasteiger partial charge in [0.05, 0.1) is 12.3 Å². The van der Waals surface area contributed by atoms with Crippen LogP contribution in [0.1, 0.15) is 20.3 Å². The quantitative estimate of drug-likeness (QED) is 0.608. The number of nitrogens with zero attached hydrogens (tertiary/aromatic N) is 5. The summed E-state index contributed by atoms with van der Waals surface area (Å²) in [4.78, 5) is 14.2. The van der Waals surface area contributed by atoms with E-state index in [1.165, 1.54) is 18.2 Å². The standard InChI is InChI=1S/C13H21N5OS/c1-4-5-18-13(14-15-16-18)20-9-12(19)17-7-10(2)6-11(3)8-17/h4,10-11H,1,5-9H2,2-3H3.